The van der Waals surface area contributed by atoms with Crippen molar-refractivity contribution in [2.24, 2.45) is 0 Å². The number of fused-ring (bicyclic) bond motifs is 3. The van der Waals surface area contributed by atoms with Gasteiger partial charge in [0.15, 0.2) is 5.78 Å². The van der Waals surface area contributed by atoms with Gasteiger partial charge in [-0.3, -0.25) is 4.79 Å². The van der Waals surface area contributed by atoms with Crippen molar-refractivity contribution >= 4 is 16.6 Å². The van der Waals surface area contributed by atoms with Crippen LogP contribution in [-0.2, 0) is 4.79 Å². The molecule has 0 aromatic heterocycles. The van der Waals surface area contributed by atoms with Crippen LogP contribution in [0.15, 0.2) is 72.0 Å². The fourth-order valence-corrected chi connectivity index (χ4v) is 4.06. The fraction of sp³-hybridized carbons (Fsp3) is 0.136. The maximum atomic E-state index is 12.6. The zero-order valence-corrected chi connectivity index (χ0v) is 13.5. The summed E-state index contributed by atoms with van der Waals surface area (Å²) in [6.07, 6.45) is 1.14. The lowest BCUT2D eigenvalue weighted by Gasteiger charge is -2.29. The summed E-state index contributed by atoms with van der Waals surface area (Å²) >= 11 is 0. The second-order valence-corrected chi connectivity index (χ2v) is 6.59. The molecule has 1 aliphatic heterocycles. The minimum Gasteiger partial charge on any atom is -0.508 e. The summed E-state index contributed by atoms with van der Waals surface area (Å²) in [6, 6.07) is 19.4. The third-order valence-corrected chi connectivity index (χ3v) is 5.12. The van der Waals surface area contributed by atoms with Gasteiger partial charge in [0.05, 0.1) is 0 Å². The Hall–Kier alpha value is -3.07. The van der Waals surface area contributed by atoms with Gasteiger partial charge in [0, 0.05) is 29.9 Å². The number of ketones is 1. The number of benzene rings is 3. The lowest BCUT2D eigenvalue weighted by Crippen LogP contribution is -2.18. The van der Waals surface area contributed by atoms with Gasteiger partial charge in [0.2, 0.25) is 0 Å². The van der Waals surface area contributed by atoms with E-state index in [0.29, 0.717) is 12.8 Å². The fourth-order valence-electron chi connectivity index (χ4n) is 4.06. The van der Waals surface area contributed by atoms with E-state index < -0.39 is 0 Å². The van der Waals surface area contributed by atoms with Crippen molar-refractivity contribution in [2.45, 2.75) is 18.8 Å². The van der Waals surface area contributed by atoms with Crippen LogP contribution in [-0.4, -0.2) is 10.9 Å². The summed E-state index contributed by atoms with van der Waals surface area (Å²) in [4.78, 5) is 12.6. The van der Waals surface area contributed by atoms with Gasteiger partial charge in [-0.1, -0.05) is 42.5 Å². The normalized spacial score (nSPS) is 18.9. The number of hydrogen-bond donors (Lipinski definition) is 1. The smallest absolute Gasteiger partial charge is 0.163 e. The van der Waals surface area contributed by atoms with Gasteiger partial charge in [-0.15, -0.1) is 0 Å². The highest BCUT2D eigenvalue weighted by Crippen LogP contribution is 2.50. The van der Waals surface area contributed by atoms with E-state index in [1.54, 1.807) is 12.1 Å². The first-order valence-electron chi connectivity index (χ1n) is 8.47. The first-order valence-corrected chi connectivity index (χ1v) is 8.47. The molecular formula is C22H16O3. The minimum atomic E-state index is -0.202. The van der Waals surface area contributed by atoms with Crippen molar-refractivity contribution in [3.05, 3.63) is 83.1 Å². The van der Waals surface area contributed by atoms with Crippen LogP contribution in [0.4, 0.5) is 0 Å². The topological polar surface area (TPSA) is 46.5 Å². The molecule has 3 aromatic rings. The van der Waals surface area contributed by atoms with Gasteiger partial charge in [-0.2, -0.15) is 0 Å². The Kier molecular flexibility index (Phi) is 2.98. The molecule has 25 heavy (non-hydrogen) atoms. The molecule has 0 saturated carbocycles. The second kappa shape index (κ2) is 5.21. The van der Waals surface area contributed by atoms with Crippen LogP contribution in [0.25, 0.3) is 10.8 Å². The SMILES string of the molecule is O=C1CCC2=C1C(c1cccc(O)c1)c1c(ccc3ccccc13)O2. The summed E-state index contributed by atoms with van der Waals surface area (Å²) < 4.78 is 6.11. The Balaban J connectivity index is 1.85. The molecular weight excluding hydrogens is 312 g/mol. The molecule has 0 bridgehead atoms. The maximum Gasteiger partial charge on any atom is 0.163 e. The molecule has 122 valence electrons. The van der Waals surface area contributed by atoms with Crippen LogP contribution in [0.1, 0.15) is 29.9 Å². The molecule has 2 aliphatic rings. The number of hydrogen-bond acceptors (Lipinski definition) is 3. The van der Waals surface area contributed by atoms with E-state index in [0.717, 1.165) is 39.0 Å². The van der Waals surface area contributed by atoms with E-state index in [2.05, 4.69) is 18.2 Å². The number of aromatic hydroxyl groups is 1. The molecule has 1 atom stereocenters. The van der Waals surface area contributed by atoms with Crippen molar-refractivity contribution in [1.82, 2.24) is 0 Å². The van der Waals surface area contributed by atoms with Crippen LogP contribution in [0.3, 0.4) is 0 Å². The molecule has 0 fully saturated rings. The highest BCUT2D eigenvalue weighted by molar-refractivity contribution is 6.03. The number of rotatable bonds is 1. The molecule has 0 radical (unpaired) electrons. The van der Waals surface area contributed by atoms with E-state index in [4.69, 9.17) is 4.74 Å². The Labute approximate surface area is 145 Å². The summed E-state index contributed by atoms with van der Waals surface area (Å²) in [5.74, 6) is 1.73. The van der Waals surface area contributed by atoms with Crippen molar-refractivity contribution in [2.75, 3.05) is 0 Å². The molecule has 3 heteroatoms. The first-order chi connectivity index (χ1) is 12.2. The zero-order valence-electron chi connectivity index (χ0n) is 13.5. The Morgan fingerprint density at radius 3 is 2.72 bits per heavy atom. The Bertz CT molecular complexity index is 1060. The molecule has 3 aromatic carbocycles. The molecule has 0 amide bonds. The molecule has 1 N–H and O–H groups in total. The molecule has 0 spiro atoms. The number of carbonyl (C=O) groups is 1. The van der Waals surface area contributed by atoms with E-state index in [1.807, 2.05) is 30.3 Å². The zero-order chi connectivity index (χ0) is 17.0. The van der Waals surface area contributed by atoms with Gasteiger partial charge in [0.25, 0.3) is 0 Å². The minimum absolute atomic E-state index is 0.141. The van der Waals surface area contributed by atoms with Gasteiger partial charge in [-0.05, 0) is 34.5 Å². The summed E-state index contributed by atoms with van der Waals surface area (Å²) in [5, 5.41) is 12.2. The van der Waals surface area contributed by atoms with E-state index >= 15 is 0 Å². The second-order valence-electron chi connectivity index (χ2n) is 6.59. The van der Waals surface area contributed by atoms with Crippen LogP contribution < -0.4 is 4.74 Å². The van der Waals surface area contributed by atoms with Crippen LogP contribution >= 0.6 is 0 Å². The summed E-state index contributed by atoms with van der Waals surface area (Å²) in [6.45, 7) is 0. The number of carbonyl (C=O) groups excluding carboxylic acids is 1. The molecule has 0 saturated heterocycles. The van der Waals surface area contributed by atoms with Crippen LogP contribution in [0, 0.1) is 0 Å². The highest BCUT2D eigenvalue weighted by atomic mass is 16.5. The number of phenolic OH excluding ortho intramolecular Hbond substituents is 1. The number of Topliss-reactive ketones (excluding diaryl/α,β-unsaturated/α-hetero) is 1. The standard InChI is InChI=1S/C22H16O3/c23-15-6-3-5-14(12-15)20-21-16-7-2-1-4-13(16)8-10-18(21)25-19-11-9-17(24)22(19)20/h1-8,10,12,20,23H,9,11H2. The van der Waals surface area contributed by atoms with E-state index in [9.17, 15) is 9.90 Å². The monoisotopic (exact) mass is 328 g/mol. The van der Waals surface area contributed by atoms with Crippen molar-refractivity contribution in [3.8, 4) is 11.5 Å². The first kappa shape index (κ1) is 14.3. The van der Waals surface area contributed by atoms with Gasteiger partial charge in [0.1, 0.15) is 17.3 Å². The van der Waals surface area contributed by atoms with Gasteiger partial charge in [-0.25, -0.2) is 0 Å². The quantitative estimate of drug-likeness (QED) is 0.705. The predicted octanol–water partition coefficient (Wildman–Crippen LogP) is 4.69. The Morgan fingerprint density at radius 1 is 0.960 bits per heavy atom. The van der Waals surface area contributed by atoms with Gasteiger partial charge < -0.3 is 9.84 Å². The Morgan fingerprint density at radius 2 is 1.84 bits per heavy atom. The average molecular weight is 328 g/mol. The largest absolute Gasteiger partial charge is 0.508 e. The summed E-state index contributed by atoms with van der Waals surface area (Å²) in [7, 11) is 0. The maximum absolute atomic E-state index is 12.6. The number of ether oxygens (including phenoxy) is 1. The van der Waals surface area contributed by atoms with Crippen molar-refractivity contribution in [1.29, 1.82) is 0 Å². The van der Waals surface area contributed by atoms with E-state index in [-0.39, 0.29) is 17.5 Å². The molecule has 5 rings (SSSR count). The molecule has 1 aliphatic carbocycles. The van der Waals surface area contributed by atoms with Crippen LogP contribution in [0.2, 0.25) is 0 Å². The van der Waals surface area contributed by atoms with Crippen molar-refractivity contribution in [3.63, 3.8) is 0 Å². The molecule has 1 heterocycles. The van der Waals surface area contributed by atoms with E-state index in [1.165, 1.54) is 0 Å². The lowest BCUT2D eigenvalue weighted by atomic mass is 9.80. The molecule has 1 unspecified atom stereocenters. The van der Waals surface area contributed by atoms with Crippen molar-refractivity contribution < 1.29 is 14.6 Å². The highest BCUT2D eigenvalue weighted by Gasteiger charge is 2.39. The number of allylic oxidation sites excluding steroid dienone is 2. The summed E-state index contributed by atoms with van der Waals surface area (Å²) in [5.41, 5.74) is 2.68. The van der Waals surface area contributed by atoms with Crippen LogP contribution in [0.5, 0.6) is 11.5 Å². The predicted molar refractivity (Wildman–Crippen MR) is 95.8 cm³/mol. The average Bonchev–Trinajstić information content (AvgIpc) is 3.00. The third-order valence-electron chi connectivity index (χ3n) is 5.12. The van der Waals surface area contributed by atoms with Gasteiger partial charge >= 0.3 is 0 Å². The number of phenols is 1. The molecule has 3 nitrogen and oxygen atoms in total. The lowest BCUT2D eigenvalue weighted by molar-refractivity contribution is -0.115. The third kappa shape index (κ3) is 2.09.